The quantitative estimate of drug-likeness (QED) is 0.565. The van der Waals surface area contributed by atoms with Crippen LogP contribution in [0.3, 0.4) is 0 Å². The van der Waals surface area contributed by atoms with Crippen molar-refractivity contribution in [3.05, 3.63) is 33.8 Å². The summed E-state index contributed by atoms with van der Waals surface area (Å²) in [6, 6.07) is 6.86. The van der Waals surface area contributed by atoms with Gasteiger partial charge in [0.15, 0.2) is 0 Å². The zero-order valence-corrected chi connectivity index (χ0v) is 12.9. The molecule has 1 saturated carbocycles. The Morgan fingerprint density at radius 2 is 1.56 bits per heavy atom. The van der Waals surface area contributed by atoms with Crippen LogP contribution in [-0.2, 0) is 0 Å². The van der Waals surface area contributed by atoms with E-state index in [9.17, 15) is 0 Å². The zero-order valence-electron chi connectivity index (χ0n) is 8.96. The Hall–Kier alpha value is 0.465. The van der Waals surface area contributed by atoms with Crippen molar-refractivity contribution in [1.82, 2.24) is 0 Å². The van der Waals surface area contributed by atoms with E-state index in [1.165, 1.54) is 35.1 Å². The standard InChI is InChI=1S/C12H13Br.BBrS/c13-10-5-6-11-8-1-3-9(4-2-8)12(11)7-10;2-1-3/h5-9H,1-4H2;. The van der Waals surface area contributed by atoms with Crippen LogP contribution in [0.4, 0.5) is 0 Å². The average molecular weight is 360 g/mol. The van der Waals surface area contributed by atoms with Gasteiger partial charge in [0.2, 0.25) is 0 Å². The monoisotopic (exact) mass is 358 g/mol. The van der Waals surface area contributed by atoms with Gasteiger partial charge in [0.1, 0.15) is 0 Å². The Bertz CT molecular complexity index is 387. The molecule has 0 amide bonds. The van der Waals surface area contributed by atoms with Crippen molar-refractivity contribution < 1.29 is 0 Å². The fraction of sp³-hybridized carbons (Fsp3) is 0.500. The molecule has 84 valence electrons. The van der Waals surface area contributed by atoms with Crippen molar-refractivity contribution in [2.75, 3.05) is 0 Å². The summed E-state index contributed by atoms with van der Waals surface area (Å²) in [6.07, 6.45) is 5.71. The Morgan fingerprint density at radius 3 is 2.12 bits per heavy atom. The molecule has 0 aromatic heterocycles. The zero-order chi connectivity index (χ0) is 11.5. The molecular formula is C12H13BBr2S. The second-order valence-electron chi connectivity index (χ2n) is 4.41. The normalized spacial score (nSPS) is 25.1. The molecule has 0 heterocycles. The minimum atomic E-state index is 0.873. The van der Waals surface area contributed by atoms with Crippen LogP contribution in [0, 0.1) is 0 Å². The first kappa shape index (κ1) is 12.9. The number of hydrogen-bond acceptors (Lipinski definition) is 1. The first-order chi connectivity index (χ1) is 7.76. The summed E-state index contributed by atoms with van der Waals surface area (Å²) in [7, 11) is 0. The molecule has 0 saturated heterocycles. The summed E-state index contributed by atoms with van der Waals surface area (Å²) in [5, 5.41) is 0. The second kappa shape index (κ2) is 5.88. The summed E-state index contributed by atoms with van der Waals surface area (Å²) in [6.45, 7) is 0. The maximum absolute atomic E-state index is 4.19. The molecule has 4 rings (SSSR count). The van der Waals surface area contributed by atoms with E-state index in [4.69, 9.17) is 0 Å². The van der Waals surface area contributed by atoms with Gasteiger partial charge in [-0.2, -0.15) is 0 Å². The van der Waals surface area contributed by atoms with E-state index in [1.807, 2.05) is 0 Å². The molecule has 0 spiro atoms. The van der Waals surface area contributed by atoms with E-state index in [0.717, 1.165) is 11.8 Å². The average Bonchev–Trinajstić information content (AvgIpc) is 2.31. The van der Waals surface area contributed by atoms with Crippen LogP contribution in [0.25, 0.3) is 0 Å². The molecule has 0 aliphatic heterocycles. The van der Waals surface area contributed by atoms with E-state index in [0.29, 0.717) is 0 Å². The molecule has 0 radical (unpaired) electrons. The third kappa shape index (κ3) is 2.65. The number of halogens is 2. The van der Waals surface area contributed by atoms with E-state index >= 15 is 0 Å². The summed E-state index contributed by atoms with van der Waals surface area (Å²) >= 11 is 10.6. The van der Waals surface area contributed by atoms with Gasteiger partial charge in [-0.3, -0.25) is 0 Å². The fourth-order valence-electron chi connectivity index (χ4n) is 2.99. The molecule has 1 aromatic rings. The van der Waals surface area contributed by atoms with Gasteiger partial charge < -0.3 is 0 Å². The number of rotatable bonds is 0. The SMILES string of the molecule is Brc1ccc2c(c1)C1CCC2CC1.S=BBr. The fourth-order valence-corrected chi connectivity index (χ4v) is 3.37. The second-order valence-corrected chi connectivity index (χ2v) is 6.63. The summed E-state index contributed by atoms with van der Waals surface area (Å²) < 4.78 is 1.25. The third-order valence-electron chi connectivity index (χ3n) is 3.66. The van der Waals surface area contributed by atoms with Crippen molar-refractivity contribution in [3.8, 4) is 0 Å². The number of benzene rings is 1. The van der Waals surface area contributed by atoms with Gasteiger partial charge in [-0.1, -0.05) is 22.0 Å². The van der Waals surface area contributed by atoms with Crippen molar-refractivity contribution in [2.24, 2.45) is 0 Å². The number of fused-ring (bicyclic) bond motifs is 2. The molecule has 0 atom stereocenters. The molecule has 3 aliphatic carbocycles. The molecule has 2 bridgehead atoms. The third-order valence-corrected chi connectivity index (χ3v) is 4.15. The van der Waals surface area contributed by atoms with Crippen molar-refractivity contribution >= 4 is 48.7 Å². The van der Waals surface area contributed by atoms with Gasteiger partial charge in [0.05, 0.1) is 0 Å². The van der Waals surface area contributed by atoms with Crippen molar-refractivity contribution in [1.29, 1.82) is 0 Å². The van der Waals surface area contributed by atoms with Crippen LogP contribution in [0.2, 0.25) is 0 Å². The van der Waals surface area contributed by atoms with Gasteiger partial charge >= 0.3 is 32.8 Å². The van der Waals surface area contributed by atoms with Crippen LogP contribution >= 0.6 is 43.7 Å². The van der Waals surface area contributed by atoms with E-state index in [-0.39, 0.29) is 0 Å². The first-order valence-corrected chi connectivity index (χ1v) is 7.77. The first-order valence-electron chi connectivity index (χ1n) is 5.59. The summed E-state index contributed by atoms with van der Waals surface area (Å²) in [4.78, 5) is 1.40. The molecule has 3 aliphatic rings. The molecule has 0 unspecified atom stereocenters. The molecule has 0 N–H and O–H groups in total. The molecule has 1 fully saturated rings. The Kier molecular flexibility index (Phi) is 4.74. The van der Waals surface area contributed by atoms with Gasteiger partial charge in [-0.05, 0) is 60.8 Å². The Balaban J connectivity index is 0.000000292. The van der Waals surface area contributed by atoms with E-state index < -0.39 is 0 Å². The predicted octanol–water partition coefficient (Wildman–Crippen LogP) is 5.32. The van der Waals surface area contributed by atoms with Gasteiger partial charge in [0, 0.05) is 4.47 Å². The molecule has 16 heavy (non-hydrogen) atoms. The van der Waals surface area contributed by atoms with Crippen molar-refractivity contribution in [2.45, 2.75) is 37.5 Å². The van der Waals surface area contributed by atoms with Crippen LogP contribution in [-0.4, -0.2) is 4.98 Å². The van der Waals surface area contributed by atoms with E-state index in [1.54, 1.807) is 11.1 Å². The van der Waals surface area contributed by atoms with Crippen LogP contribution in [0.15, 0.2) is 22.7 Å². The van der Waals surface area contributed by atoms with Gasteiger partial charge in [-0.15, -0.1) is 0 Å². The minimum absolute atomic E-state index is 0.873. The molecule has 0 nitrogen and oxygen atoms in total. The molecular weight excluding hydrogens is 347 g/mol. The van der Waals surface area contributed by atoms with Crippen molar-refractivity contribution in [3.63, 3.8) is 0 Å². The van der Waals surface area contributed by atoms with Crippen LogP contribution in [0.1, 0.15) is 48.6 Å². The summed E-state index contributed by atoms with van der Waals surface area (Å²) in [5.41, 5.74) is 3.28. The molecule has 1 aromatic carbocycles. The molecule has 4 heteroatoms. The van der Waals surface area contributed by atoms with Crippen LogP contribution in [0.5, 0.6) is 0 Å². The maximum atomic E-state index is 4.19. The summed E-state index contributed by atoms with van der Waals surface area (Å²) in [5.74, 6) is 1.76. The van der Waals surface area contributed by atoms with E-state index in [2.05, 4.69) is 61.9 Å². The topological polar surface area (TPSA) is 0 Å². The predicted molar refractivity (Wildman–Crippen MR) is 80.4 cm³/mol. The van der Waals surface area contributed by atoms with Gasteiger partial charge in [0.25, 0.3) is 0 Å². The Labute approximate surface area is 119 Å². The number of hydrogen-bond donors (Lipinski definition) is 0. The Morgan fingerprint density at radius 1 is 1.06 bits per heavy atom. The van der Waals surface area contributed by atoms with Gasteiger partial charge in [-0.25, -0.2) is 0 Å². The van der Waals surface area contributed by atoms with Crippen LogP contribution < -0.4 is 0 Å².